The topological polar surface area (TPSA) is 49.8 Å². The third-order valence-electron chi connectivity index (χ3n) is 1.44. The molecule has 0 aliphatic carbocycles. The van der Waals surface area contributed by atoms with Gasteiger partial charge in [0, 0.05) is 0 Å². The molecule has 0 radical (unpaired) electrons. The van der Waals surface area contributed by atoms with Crippen molar-refractivity contribution in [1.82, 2.24) is 5.16 Å². The Labute approximate surface area is 72.9 Å². The summed E-state index contributed by atoms with van der Waals surface area (Å²) in [5.41, 5.74) is 1.12. The highest BCUT2D eigenvalue weighted by Gasteiger charge is 2.09. The van der Waals surface area contributed by atoms with Gasteiger partial charge in [0.1, 0.15) is 23.6 Å². The first-order chi connectivity index (χ1) is 5.92. The molecular formula is C8H4N2OS. The molecule has 0 saturated carbocycles. The summed E-state index contributed by atoms with van der Waals surface area (Å²) in [5, 5.41) is 14.3. The molecule has 58 valence electrons. The SMILES string of the molecule is N#Cc1conc1-c1cccs1. The summed E-state index contributed by atoms with van der Waals surface area (Å²) in [5.74, 6) is 0. The molecule has 12 heavy (non-hydrogen) atoms. The predicted molar refractivity (Wildman–Crippen MR) is 44.5 cm³/mol. The molecule has 0 amide bonds. The number of nitriles is 1. The Morgan fingerprint density at radius 3 is 3.17 bits per heavy atom. The van der Waals surface area contributed by atoms with Crippen LogP contribution in [0.25, 0.3) is 10.6 Å². The van der Waals surface area contributed by atoms with Gasteiger partial charge in [0.05, 0.1) is 4.88 Å². The summed E-state index contributed by atoms with van der Waals surface area (Å²) in [6.07, 6.45) is 1.36. The maximum absolute atomic E-state index is 8.66. The Hall–Kier alpha value is -1.60. The van der Waals surface area contributed by atoms with Gasteiger partial charge in [-0.05, 0) is 11.4 Å². The maximum Gasteiger partial charge on any atom is 0.142 e. The van der Waals surface area contributed by atoms with Crippen LogP contribution >= 0.6 is 11.3 Å². The number of nitrogens with zero attached hydrogens (tertiary/aromatic N) is 2. The van der Waals surface area contributed by atoms with Gasteiger partial charge in [-0.3, -0.25) is 0 Å². The molecule has 2 aromatic heterocycles. The predicted octanol–water partition coefficient (Wildman–Crippen LogP) is 2.27. The van der Waals surface area contributed by atoms with E-state index in [0.29, 0.717) is 11.3 Å². The van der Waals surface area contributed by atoms with Crippen LogP contribution in [0.3, 0.4) is 0 Å². The fraction of sp³-hybridized carbons (Fsp3) is 0. The van der Waals surface area contributed by atoms with Crippen LogP contribution in [0.15, 0.2) is 28.3 Å². The zero-order chi connectivity index (χ0) is 8.39. The van der Waals surface area contributed by atoms with Crippen molar-refractivity contribution in [2.75, 3.05) is 0 Å². The average Bonchev–Trinajstić information content (AvgIpc) is 2.74. The van der Waals surface area contributed by atoms with Crippen molar-refractivity contribution in [3.8, 4) is 16.6 Å². The first-order valence-electron chi connectivity index (χ1n) is 3.30. The van der Waals surface area contributed by atoms with E-state index < -0.39 is 0 Å². The van der Waals surface area contributed by atoms with E-state index in [1.54, 1.807) is 0 Å². The molecule has 0 aliphatic rings. The second-order valence-corrected chi connectivity index (χ2v) is 3.11. The van der Waals surface area contributed by atoms with Crippen molar-refractivity contribution < 1.29 is 4.52 Å². The van der Waals surface area contributed by atoms with Gasteiger partial charge in [-0.25, -0.2) is 0 Å². The zero-order valence-electron chi connectivity index (χ0n) is 6.02. The van der Waals surface area contributed by atoms with Crippen LogP contribution in [0.4, 0.5) is 0 Å². The summed E-state index contributed by atoms with van der Waals surface area (Å²) in [6, 6.07) is 5.83. The summed E-state index contributed by atoms with van der Waals surface area (Å²) >= 11 is 1.54. The molecule has 0 atom stereocenters. The fourth-order valence-electron chi connectivity index (χ4n) is 0.907. The quantitative estimate of drug-likeness (QED) is 0.669. The minimum atomic E-state index is 0.484. The minimum absolute atomic E-state index is 0.484. The van der Waals surface area contributed by atoms with Crippen LogP contribution in [0.2, 0.25) is 0 Å². The first kappa shape index (κ1) is 7.07. The number of hydrogen-bond acceptors (Lipinski definition) is 4. The molecule has 0 saturated heterocycles. The summed E-state index contributed by atoms with van der Waals surface area (Å²) in [7, 11) is 0. The van der Waals surface area contributed by atoms with Gasteiger partial charge >= 0.3 is 0 Å². The van der Waals surface area contributed by atoms with Crippen molar-refractivity contribution in [1.29, 1.82) is 5.26 Å². The molecule has 4 heteroatoms. The van der Waals surface area contributed by atoms with Gasteiger partial charge < -0.3 is 4.52 Å². The van der Waals surface area contributed by atoms with Gasteiger partial charge in [0.2, 0.25) is 0 Å². The monoisotopic (exact) mass is 176 g/mol. The smallest absolute Gasteiger partial charge is 0.142 e. The molecule has 0 spiro atoms. The third kappa shape index (κ3) is 1.00. The van der Waals surface area contributed by atoms with Crippen LogP contribution < -0.4 is 0 Å². The van der Waals surface area contributed by atoms with Crippen LogP contribution in [0.5, 0.6) is 0 Å². The Balaban J connectivity index is 2.55. The highest BCUT2D eigenvalue weighted by molar-refractivity contribution is 7.13. The number of aromatic nitrogens is 1. The second kappa shape index (κ2) is 2.80. The van der Waals surface area contributed by atoms with E-state index in [-0.39, 0.29) is 0 Å². The largest absolute Gasteiger partial charge is 0.363 e. The Morgan fingerprint density at radius 2 is 2.50 bits per heavy atom. The standard InChI is InChI=1S/C8H4N2OS/c9-4-6-5-11-10-8(6)7-2-1-3-12-7/h1-3,5H. The summed E-state index contributed by atoms with van der Waals surface area (Å²) in [6.45, 7) is 0. The molecule has 0 bridgehead atoms. The normalized spacial score (nSPS) is 9.58. The van der Waals surface area contributed by atoms with E-state index in [2.05, 4.69) is 5.16 Å². The van der Waals surface area contributed by atoms with Crippen molar-refractivity contribution in [2.45, 2.75) is 0 Å². The molecule has 0 unspecified atom stereocenters. The molecule has 2 rings (SSSR count). The molecule has 2 aromatic rings. The average molecular weight is 176 g/mol. The Kier molecular flexibility index (Phi) is 1.65. The molecular weight excluding hydrogens is 172 g/mol. The number of hydrogen-bond donors (Lipinski definition) is 0. The Bertz CT molecular complexity index is 410. The summed E-state index contributed by atoms with van der Waals surface area (Å²) in [4.78, 5) is 0.959. The van der Waals surface area contributed by atoms with Gasteiger partial charge in [0.15, 0.2) is 0 Å². The lowest BCUT2D eigenvalue weighted by Crippen LogP contribution is -1.74. The van der Waals surface area contributed by atoms with Crippen molar-refractivity contribution >= 4 is 11.3 Å². The lowest BCUT2D eigenvalue weighted by Gasteiger charge is -1.85. The minimum Gasteiger partial charge on any atom is -0.363 e. The van der Waals surface area contributed by atoms with Crippen LogP contribution in [0, 0.1) is 11.3 Å². The van der Waals surface area contributed by atoms with E-state index in [9.17, 15) is 0 Å². The lowest BCUT2D eigenvalue weighted by atomic mass is 10.2. The van der Waals surface area contributed by atoms with Gasteiger partial charge in [-0.1, -0.05) is 11.2 Å². The van der Waals surface area contributed by atoms with Crippen molar-refractivity contribution in [3.05, 3.63) is 29.3 Å². The molecule has 0 aliphatic heterocycles. The van der Waals surface area contributed by atoms with Gasteiger partial charge in [-0.15, -0.1) is 11.3 Å². The van der Waals surface area contributed by atoms with Crippen LogP contribution in [0.1, 0.15) is 5.56 Å². The highest BCUT2D eigenvalue weighted by atomic mass is 32.1. The van der Waals surface area contributed by atoms with E-state index in [0.717, 1.165) is 4.88 Å². The van der Waals surface area contributed by atoms with Crippen molar-refractivity contribution in [3.63, 3.8) is 0 Å². The lowest BCUT2D eigenvalue weighted by molar-refractivity contribution is 0.422. The summed E-state index contributed by atoms with van der Waals surface area (Å²) < 4.78 is 4.69. The van der Waals surface area contributed by atoms with E-state index >= 15 is 0 Å². The van der Waals surface area contributed by atoms with Crippen molar-refractivity contribution in [2.24, 2.45) is 0 Å². The van der Waals surface area contributed by atoms with Gasteiger partial charge in [0.25, 0.3) is 0 Å². The van der Waals surface area contributed by atoms with E-state index in [4.69, 9.17) is 9.78 Å². The highest BCUT2D eigenvalue weighted by Crippen LogP contribution is 2.25. The molecule has 0 aromatic carbocycles. The molecule has 2 heterocycles. The number of thiophene rings is 1. The third-order valence-corrected chi connectivity index (χ3v) is 2.32. The van der Waals surface area contributed by atoms with E-state index in [1.807, 2.05) is 23.6 Å². The van der Waals surface area contributed by atoms with E-state index in [1.165, 1.54) is 17.6 Å². The molecule has 0 N–H and O–H groups in total. The second-order valence-electron chi connectivity index (χ2n) is 2.17. The first-order valence-corrected chi connectivity index (χ1v) is 4.18. The molecule has 3 nitrogen and oxygen atoms in total. The maximum atomic E-state index is 8.66. The zero-order valence-corrected chi connectivity index (χ0v) is 6.84. The van der Waals surface area contributed by atoms with Crippen LogP contribution in [-0.4, -0.2) is 5.16 Å². The van der Waals surface area contributed by atoms with Crippen LogP contribution in [-0.2, 0) is 0 Å². The van der Waals surface area contributed by atoms with Gasteiger partial charge in [-0.2, -0.15) is 5.26 Å². The Morgan fingerprint density at radius 1 is 1.58 bits per heavy atom. The fourth-order valence-corrected chi connectivity index (χ4v) is 1.63. The molecule has 0 fully saturated rings. The number of rotatable bonds is 1.